The van der Waals surface area contributed by atoms with Crippen LogP contribution in [0.4, 0.5) is 0 Å². The number of hydrogen-bond donors (Lipinski definition) is 1. The molecule has 1 aliphatic rings. The highest BCUT2D eigenvalue weighted by molar-refractivity contribution is 7.09. The van der Waals surface area contributed by atoms with Crippen LogP contribution in [-0.2, 0) is 11.3 Å². The SMILES string of the molecule is CC(C)c1nc(CNC[C@H]2CCO[C@@H]2C(C)(C)C)cs1. The Bertz CT molecular complexity index is 422. The molecule has 0 unspecified atom stereocenters. The Balaban J connectivity index is 1.80. The predicted molar refractivity (Wildman–Crippen MR) is 85.2 cm³/mol. The third-order valence-corrected chi connectivity index (χ3v) is 5.04. The summed E-state index contributed by atoms with van der Waals surface area (Å²) in [5.74, 6) is 1.15. The lowest BCUT2D eigenvalue weighted by molar-refractivity contribution is 0.00720. The summed E-state index contributed by atoms with van der Waals surface area (Å²) in [6, 6.07) is 0. The zero-order valence-electron chi connectivity index (χ0n) is 13.4. The van der Waals surface area contributed by atoms with Gasteiger partial charge in [-0.3, -0.25) is 0 Å². The van der Waals surface area contributed by atoms with Crippen LogP contribution >= 0.6 is 11.3 Å². The van der Waals surface area contributed by atoms with Crippen molar-refractivity contribution in [3.63, 3.8) is 0 Å². The average molecular weight is 296 g/mol. The van der Waals surface area contributed by atoms with E-state index < -0.39 is 0 Å². The molecule has 0 radical (unpaired) electrons. The van der Waals surface area contributed by atoms with Crippen molar-refractivity contribution in [2.24, 2.45) is 11.3 Å². The van der Waals surface area contributed by atoms with E-state index in [0.29, 0.717) is 17.9 Å². The summed E-state index contributed by atoms with van der Waals surface area (Å²) in [4.78, 5) is 4.67. The Morgan fingerprint density at radius 1 is 1.45 bits per heavy atom. The lowest BCUT2D eigenvalue weighted by Gasteiger charge is -2.31. The molecule has 0 aromatic carbocycles. The predicted octanol–water partition coefficient (Wildman–Crippen LogP) is 3.81. The van der Waals surface area contributed by atoms with E-state index in [1.165, 1.54) is 17.1 Å². The van der Waals surface area contributed by atoms with E-state index in [2.05, 4.69) is 50.3 Å². The van der Waals surface area contributed by atoms with Crippen molar-refractivity contribution in [3.05, 3.63) is 16.1 Å². The lowest BCUT2D eigenvalue weighted by Crippen LogP contribution is -2.36. The van der Waals surface area contributed by atoms with Crippen molar-refractivity contribution >= 4 is 11.3 Å². The number of hydrogen-bond acceptors (Lipinski definition) is 4. The molecule has 0 bridgehead atoms. The fourth-order valence-electron chi connectivity index (χ4n) is 2.85. The highest BCUT2D eigenvalue weighted by atomic mass is 32.1. The van der Waals surface area contributed by atoms with Crippen LogP contribution in [0.5, 0.6) is 0 Å². The third-order valence-electron chi connectivity index (χ3n) is 3.84. The van der Waals surface area contributed by atoms with E-state index in [-0.39, 0.29) is 5.41 Å². The van der Waals surface area contributed by atoms with E-state index in [4.69, 9.17) is 4.74 Å². The lowest BCUT2D eigenvalue weighted by atomic mass is 9.81. The highest BCUT2D eigenvalue weighted by Gasteiger charge is 2.36. The topological polar surface area (TPSA) is 34.2 Å². The van der Waals surface area contributed by atoms with Crippen molar-refractivity contribution in [2.45, 2.75) is 59.6 Å². The number of ether oxygens (including phenoxy) is 1. The Labute approximate surface area is 127 Å². The molecule has 114 valence electrons. The Hall–Kier alpha value is -0.450. The highest BCUT2D eigenvalue weighted by Crippen LogP contribution is 2.34. The second-order valence-corrected chi connectivity index (χ2v) is 8.06. The molecule has 1 fully saturated rings. The van der Waals surface area contributed by atoms with Gasteiger partial charge in [-0.25, -0.2) is 4.98 Å². The van der Waals surface area contributed by atoms with Gasteiger partial charge in [-0.15, -0.1) is 11.3 Å². The molecule has 0 spiro atoms. The normalized spacial score (nSPS) is 23.7. The van der Waals surface area contributed by atoms with Gasteiger partial charge < -0.3 is 10.1 Å². The molecule has 2 heterocycles. The molecule has 2 rings (SSSR count). The van der Waals surface area contributed by atoms with Crippen molar-refractivity contribution < 1.29 is 4.74 Å². The Morgan fingerprint density at radius 3 is 2.80 bits per heavy atom. The van der Waals surface area contributed by atoms with E-state index in [1.54, 1.807) is 11.3 Å². The minimum atomic E-state index is 0.230. The minimum absolute atomic E-state index is 0.230. The quantitative estimate of drug-likeness (QED) is 0.897. The third kappa shape index (κ3) is 4.03. The Morgan fingerprint density at radius 2 is 2.20 bits per heavy atom. The van der Waals surface area contributed by atoms with Gasteiger partial charge in [0.05, 0.1) is 16.8 Å². The first-order valence-corrected chi connectivity index (χ1v) is 8.52. The number of rotatable bonds is 5. The summed E-state index contributed by atoms with van der Waals surface area (Å²) in [6.07, 6.45) is 1.54. The van der Waals surface area contributed by atoms with Crippen LogP contribution in [0.1, 0.15) is 57.7 Å². The number of aromatic nitrogens is 1. The van der Waals surface area contributed by atoms with E-state index in [9.17, 15) is 0 Å². The van der Waals surface area contributed by atoms with E-state index in [1.807, 2.05) is 0 Å². The smallest absolute Gasteiger partial charge is 0.0954 e. The Kier molecular flexibility index (Phi) is 5.21. The fraction of sp³-hybridized carbons (Fsp3) is 0.812. The van der Waals surface area contributed by atoms with Gasteiger partial charge in [0.25, 0.3) is 0 Å². The zero-order chi connectivity index (χ0) is 14.8. The number of nitrogens with zero attached hydrogens (tertiary/aromatic N) is 1. The van der Waals surface area contributed by atoms with E-state index >= 15 is 0 Å². The fourth-order valence-corrected chi connectivity index (χ4v) is 3.69. The standard InChI is InChI=1S/C16H28N2OS/c1-11(2)15-18-13(10-20-15)9-17-8-12-6-7-19-14(12)16(3,4)5/h10-12,14,17H,6-9H2,1-5H3/t12-,14+/m1/s1. The first-order chi connectivity index (χ1) is 9.38. The number of nitrogens with one attached hydrogen (secondary N) is 1. The summed E-state index contributed by atoms with van der Waals surface area (Å²) in [7, 11) is 0. The van der Waals surface area contributed by atoms with E-state index in [0.717, 1.165) is 19.7 Å². The van der Waals surface area contributed by atoms with Crippen LogP contribution < -0.4 is 5.32 Å². The van der Waals surface area contributed by atoms with Gasteiger partial charge >= 0.3 is 0 Å². The van der Waals surface area contributed by atoms with Gasteiger partial charge in [0.1, 0.15) is 0 Å². The zero-order valence-corrected chi connectivity index (χ0v) is 14.2. The summed E-state index contributed by atoms with van der Waals surface area (Å²) >= 11 is 1.77. The number of thiazole rings is 1. The van der Waals surface area contributed by atoms with Crippen LogP contribution in [0.3, 0.4) is 0 Å². The van der Waals surface area contributed by atoms with Crippen LogP contribution in [-0.4, -0.2) is 24.2 Å². The maximum Gasteiger partial charge on any atom is 0.0954 e. The summed E-state index contributed by atoms with van der Waals surface area (Å²) < 4.78 is 5.91. The van der Waals surface area contributed by atoms with Crippen molar-refractivity contribution in [2.75, 3.05) is 13.2 Å². The molecule has 3 nitrogen and oxygen atoms in total. The van der Waals surface area contributed by atoms with Crippen LogP contribution in [0.25, 0.3) is 0 Å². The molecule has 4 heteroatoms. The van der Waals surface area contributed by atoms with Gasteiger partial charge in [-0.1, -0.05) is 34.6 Å². The second kappa shape index (κ2) is 6.54. The molecule has 1 aromatic heterocycles. The van der Waals surface area contributed by atoms with Gasteiger partial charge in [-0.2, -0.15) is 0 Å². The van der Waals surface area contributed by atoms with Crippen molar-refractivity contribution in [3.8, 4) is 0 Å². The van der Waals surface area contributed by atoms with Crippen LogP contribution in [0.2, 0.25) is 0 Å². The molecule has 1 N–H and O–H groups in total. The molecule has 1 saturated heterocycles. The van der Waals surface area contributed by atoms with Gasteiger partial charge in [0.2, 0.25) is 0 Å². The van der Waals surface area contributed by atoms with Gasteiger partial charge in [0.15, 0.2) is 0 Å². The maximum atomic E-state index is 5.91. The van der Waals surface area contributed by atoms with Crippen LogP contribution in [0.15, 0.2) is 5.38 Å². The largest absolute Gasteiger partial charge is 0.377 e. The molecule has 1 aromatic rings. The molecule has 0 saturated carbocycles. The minimum Gasteiger partial charge on any atom is -0.377 e. The first-order valence-electron chi connectivity index (χ1n) is 7.64. The molecular formula is C16H28N2OS. The molecular weight excluding hydrogens is 268 g/mol. The molecule has 20 heavy (non-hydrogen) atoms. The summed E-state index contributed by atoms with van der Waals surface area (Å²) in [5.41, 5.74) is 1.40. The van der Waals surface area contributed by atoms with Gasteiger partial charge in [-0.05, 0) is 11.8 Å². The maximum absolute atomic E-state index is 5.91. The summed E-state index contributed by atoms with van der Waals surface area (Å²) in [6.45, 7) is 14.0. The molecule has 2 atom stereocenters. The molecule has 0 amide bonds. The van der Waals surface area contributed by atoms with Crippen molar-refractivity contribution in [1.29, 1.82) is 0 Å². The first kappa shape index (κ1) is 15.9. The van der Waals surface area contributed by atoms with Crippen LogP contribution in [0, 0.1) is 11.3 Å². The molecule has 0 aliphatic carbocycles. The second-order valence-electron chi connectivity index (χ2n) is 7.17. The monoisotopic (exact) mass is 296 g/mol. The van der Waals surface area contributed by atoms with Gasteiger partial charge in [0, 0.05) is 36.9 Å². The van der Waals surface area contributed by atoms with Crippen molar-refractivity contribution in [1.82, 2.24) is 10.3 Å². The summed E-state index contributed by atoms with van der Waals surface area (Å²) in [5, 5.41) is 6.97. The average Bonchev–Trinajstić information content (AvgIpc) is 2.96. The molecule has 1 aliphatic heterocycles.